The van der Waals surface area contributed by atoms with Gasteiger partial charge in [0.1, 0.15) is 0 Å². The van der Waals surface area contributed by atoms with Gasteiger partial charge in [0.2, 0.25) is 10.1 Å². The average Bonchev–Trinajstić information content (AvgIpc) is 3.19. The van der Waals surface area contributed by atoms with Crippen molar-refractivity contribution in [2.24, 2.45) is 0 Å². The lowest BCUT2D eigenvalue weighted by Crippen LogP contribution is -2.35. The molecule has 7 nitrogen and oxygen atoms in total. The molecule has 0 aliphatic carbocycles. The molecule has 0 saturated carbocycles. The maximum Gasteiger partial charge on any atom is 0.445 e. The van der Waals surface area contributed by atoms with Crippen LogP contribution in [0.5, 0.6) is 0 Å². The van der Waals surface area contributed by atoms with Crippen LogP contribution in [-0.4, -0.2) is 57.4 Å². The number of alkyl halides is 3. The molecular weight excluding hydrogens is 369 g/mol. The number of rotatable bonds is 3. The number of carbonyl (C=O) groups excluding carboxylic acids is 1. The molecule has 0 aromatic carbocycles. The number of amides is 1. The van der Waals surface area contributed by atoms with Gasteiger partial charge in [0, 0.05) is 26.2 Å². The summed E-state index contributed by atoms with van der Waals surface area (Å²) in [7, 11) is 0. The van der Waals surface area contributed by atoms with Crippen LogP contribution in [0.25, 0.3) is 0 Å². The van der Waals surface area contributed by atoms with E-state index in [1.165, 1.54) is 6.20 Å². The van der Waals surface area contributed by atoms with Gasteiger partial charge >= 0.3 is 6.18 Å². The molecule has 2 aromatic heterocycles. The van der Waals surface area contributed by atoms with Crippen LogP contribution >= 0.6 is 11.3 Å². The van der Waals surface area contributed by atoms with Gasteiger partial charge in [-0.3, -0.25) is 9.89 Å². The highest BCUT2D eigenvalue weighted by Gasteiger charge is 2.36. The number of hydrogen-bond donors (Lipinski definition) is 1. The Morgan fingerprint density at radius 3 is 2.65 bits per heavy atom. The Labute approximate surface area is 152 Å². The molecule has 1 aliphatic heterocycles. The summed E-state index contributed by atoms with van der Waals surface area (Å²) < 4.78 is 38.1. The van der Waals surface area contributed by atoms with Crippen LogP contribution < -0.4 is 4.90 Å². The van der Waals surface area contributed by atoms with Crippen LogP contribution in [0.4, 0.5) is 18.3 Å². The van der Waals surface area contributed by atoms with Gasteiger partial charge in [-0.2, -0.15) is 18.3 Å². The number of H-pyrrole nitrogens is 1. The molecule has 3 heterocycles. The first-order valence-electron chi connectivity index (χ1n) is 8.25. The summed E-state index contributed by atoms with van der Waals surface area (Å²) in [5.74, 6) is 0.0275. The van der Waals surface area contributed by atoms with E-state index in [0.717, 1.165) is 5.69 Å². The van der Waals surface area contributed by atoms with E-state index in [1.807, 2.05) is 13.8 Å². The Kier molecular flexibility index (Phi) is 5.17. The molecular formula is C15H19F3N6OS. The molecule has 1 N–H and O–H groups in total. The van der Waals surface area contributed by atoms with Crippen molar-refractivity contribution in [2.75, 3.05) is 31.1 Å². The highest BCUT2D eigenvalue weighted by molar-refractivity contribution is 7.15. The first-order chi connectivity index (χ1) is 12.3. The van der Waals surface area contributed by atoms with E-state index in [-0.39, 0.29) is 17.0 Å². The van der Waals surface area contributed by atoms with Crippen molar-refractivity contribution in [1.29, 1.82) is 0 Å². The molecule has 0 atom stereocenters. The van der Waals surface area contributed by atoms with Crippen molar-refractivity contribution >= 4 is 22.4 Å². The molecule has 3 rings (SSSR count). The van der Waals surface area contributed by atoms with Crippen molar-refractivity contribution < 1.29 is 18.0 Å². The van der Waals surface area contributed by atoms with Crippen LogP contribution in [-0.2, 0) is 6.18 Å². The lowest BCUT2D eigenvalue weighted by molar-refractivity contribution is -0.138. The SMILES string of the molecule is CC(C)c1[nH]ncc1C(=O)N1CCCN(c2nnc(C(F)(F)F)s2)CC1. The number of anilines is 1. The van der Waals surface area contributed by atoms with Gasteiger partial charge in [0.25, 0.3) is 5.91 Å². The fraction of sp³-hybridized carbons (Fsp3) is 0.600. The summed E-state index contributed by atoms with van der Waals surface area (Å²) in [6.45, 7) is 5.82. The second-order valence-electron chi connectivity index (χ2n) is 6.37. The lowest BCUT2D eigenvalue weighted by atomic mass is 10.1. The van der Waals surface area contributed by atoms with E-state index in [9.17, 15) is 18.0 Å². The fourth-order valence-corrected chi connectivity index (χ4v) is 3.61. The van der Waals surface area contributed by atoms with Crippen LogP contribution in [0.2, 0.25) is 0 Å². The number of aromatic amines is 1. The Hall–Kier alpha value is -2.17. The third-order valence-corrected chi connectivity index (χ3v) is 5.22. The Morgan fingerprint density at radius 1 is 1.23 bits per heavy atom. The van der Waals surface area contributed by atoms with Gasteiger partial charge in [0.15, 0.2) is 0 Å². The van der Waals surface area contributed by atoms with E-state index >= 15 is 0 Å². The monoisotopic (exact) mass is 388 g/mol. The third-order valence-electron chi connectivity index (χ3n) is 4.19. The second-order valence-corrected chi connectivity index (χ2v) is 7.33. The summed E-state index contributed by atoms with van der Waals surface area (Å²) in [4.78, 5) is 16.3. The predicted octanol–water partition coefficient (Wildman–Crippen LogP) is 2.76. The van der Waals surface area contributed by atoms with Crippen molar-refractivity contribution in [3.63, 3.8) is 0 Å². The van der Waals surface area contributed by atoms with Crippen molar-refractivity contribution in [3.8, 4) is 0 Å². The van der Waals surface area contributed by atoms with Crippen molar-refractivity contribution in [3.05, 3.63) is 22.5 Å². The molecule has 0 bridgehead atoms. The van der Waals surface area contributed by atoms with E-state index in [0.29, 0.717) is 49.5 Å². The van der Waals surface area contributed by atoms with Gasteiger partial charge in [-0.05, 0) is 12.3 Å². The van der Waals surface area contributed by atoms with E-state index in [2.05, 4.69) is 20.4 Å². The fourth-order valence-electron chi connectivity index (χ4n) is 2.85. The highest BCUT2D eigenvalue weighted by Crippen LogP contribution is 2.34. The minimum Gasteiger partial charge on any atom is -0.345 e. The number of nitrogens with zero attached hydrogens (tertiary/aromatic N) is 5. The zero-order valence-electron chi connectivity index (χ0n) is 14.4. The Balaban J connectivity index is 1.69. The van der Waals surface area contributed by atoms with Crippen LogP contribution in [0.1, 0.15) is 47.2 Å². The molecule has 2 aromatic rings. The summed E-state index contributed by atoms with van der Waals surface area (Å²) >= 11 is 0.530. The number of aromatic nitrogens is 4. The molecule has 11 heteroatoms. The minimum atomic E-state index is -4.49. The standard InChI is InChI=1S/C15H19F3N6OS/c1-9(2)11-10(8-19-20-11)12(25)23-4-3-5-24(7-6-23)14-22-21-13(26-14)15(16,17)18/h8-9H,3-7H2,1-2H3,(H,19,20). The molecule has 26 heavy (non-hydrogen) atoms. The van der Waals surface area contributed by atoms with Crippen LogP contribution in [0.3, 0.4) is 0 Å². The van der Waals surface area contributed by atoms with E-state index in [4.69, 9.17) is 0 Å². The van der Waals surface area contributed by atoms with Gasteiger partial charge < -0.3 is 9.80 Å². The molecule has 0 unspecified atom stereocenters. The van der Waals surface area contributed by atoms with E-state index in [1.54, 1.807) is 9.80 Å². The van der Waals surface area contributed by atoms with Crippen molar-refractivity contribution in [2.45, 2.75) is 32.4 Å². The maximum absolute atomic E-state index is 12.8. The summed E-state index contributed by atoms with van der Waals surface area (Å²) in [6, 6.07) is 0. The largest absolute Gasteiger partial charge is 0.445 e. The quantitative estimate of drug-likeness (QED) is 0.875. The first kappa shape index (κ1) is 18.6. The van der Waals surface area contributed by atoms with Gasteiger partial charge in [0.05, 0.1) is 17.5 Å². The summed E-state index contributed by atoms with van der Waals surface area (Å²) in [5.41, 5.74) is 1.33. The summed E-state index contributed by atoms with van der Waals surface area (Å²) in [5, 5.41) is 13.0. The number of halogens is 3. The Bertz CT molecular complexity index is 772. The molecule has 1 fully saturated rings. The Morgan fingerprint density at radius 2 is 2.00 bits per heavy atom. The predicted molar refractivity (Wildman–Crippen MR) is 90.3 cm³/mol. The topological polar surface area (TPSA) is 78.0 Å². The smallest absolute Gasteiger partial charge is 0.345 e. The zero-order valence-corrected chi connectivity index (χ0v) is 15.2. The van der Waals surface area contributed by atoms with E-state index < -0.39 is 11.2 Å². The second kappa shape index (κ2) is 7.22. The van der Waals surface area contributed by atoms with Crippen molar-refractivity contribution in [1.82, 2.24) is 25.3 Å². The molecule has 1 aliphatic rings. The molecule has 0 spiro atoms. The molecule has 0 radical (unpaired) electrons. The van der Waals surface area contributed by atoms with Gasteiger partial charge in [-0.15, -0.1) is 10.2 Å². The number of hydrogen-bond acceptors (Lipinski definition) is 6. The first-order valence-corrected chi connectivity index (χ1v) is 9.07. The normalized spacial score (nSPS) is 16.2. The van der Waals surface area contributed by atoms with Crippen LogP contribution in [0.15, 0.2) is 6.20 Å². The van der Waals surface area contributed by atoms with Crippen LogP contribution in [0, 0.1) is 0 Å². The third kappa shape index (κ3) is 3.81. The molecule has 142 valence electrons. The molecule has 1 amide bonds. The zero-order chi connectivity index (χ0) is 18.9. The molecule has 1 saturated heterocycles. The number of carbonyl (C=O) groups is 1. The maximum atomic E-state index is 12.8. The lowest BCUT2D eigenvalue weighted by Gasteiger charge is -2.21. The van der Waals surface area contributed by atoms with Gasteiger partial charge in [-0.1, -0.05) is 25.2 Å². The average molecular weight is 388 g/mol. The minimum absolute atomic E-state index is 0.113. The van der Waals surface area contributed by atoms with Gasteiger partial charge in [-0.25, -0.2) is 0 Å². The summed E-state index contributed by atoms with van der Waals surface area (Å²) in [6.07, 6.45) is -2.32. The highest BCUT2D eigenvalue weighted by atomic mass is 32.1. The number of nitrogens with one attached hydrogen (secondary N) is 1.